The second-order valence-corrected chi connectivity index (χ2v) is 7.40. The third-order valence-corrected chi connectivity index (χ3v) is 5.24. The number of methoxy groups -OCH3 is 2. The van der Waals surface area contributed by atoms with Crippen molar-refractivity contribution in [2.45, 2.75) is 44.2 Å². The lowest BCUT2D eigenvalue weighted by atomic mass is 9.98. The molecule has 9 nitrogen and oxygen atoms in total. The van der Waals surface area contributed by atoms with E-state index in [1.165, 1.54) is 14.2 Å². The topological polar surface area (TPSA) is 124 Å². The average molecular weight is 448 g/mol. The molecule has 1 unspecified atom stereocenters. The molecule has 0 amide bonds. The molecule has 1 heterocycles. The first-order chi connectivity index (χ1) is 15.4. The predicted octanol–water partition coefficient (Wildman–Crippen LogP) is 1.19. The number of aliphatic hydroxyl groups excluding tert-OH is 3. The van der Waals surface area contributed by atoms with Crippen molar-refractivity contribution in [3.63, 3.8) is 0 Å². The molecule has 2 aromatic carbocycles. The van der Waals surface area contributed by atoms with Gasteiger partial charge < -0.3 is 39.0 Å². The zero-order valence-electron chi connectivity index (χ0n) is 18.1. The Morgan fingerprint density at radius 2 is 1.81 bits per heavy atom. The van der Waals surface area contributed by atoms with Gasteiger partial charge in [0, 0.05) is 13.2 Å². The zero-order valence-corrected chi connectivity index (χ0v) is 18.1. The van der Waals surface area contributed by atoms with Crippen LogP contribution in [-0.4, -0.2) is 72.8 Å². The Hall–Kier alpha value is -2.69. The Balaban J connectivity index is 1.79. The summed E-state index contributed by atoms with van der Waals surface area (Å²) in [6.07, 6.45) is -6.55. The minimum Gasteiger partial charge on any atom is -0.496 e. The number of hydrogen-bond donors (Lipinski definition) is 3. The van der Waals surface area contributed by atoms with Crippen molar-refractivity contribution in [3.8, 4) is 11.5 Å². The molecule has 1 fully saturated rings. The molecule has 174 valence electrons. The third kappa shape index (κ3) is 5.20. The molecular formula is C23H28O9. The van der Waals surface area contributed by atoms with Gasteiger partial charge in [0.2, 0.25) is 0 Å². The Morgan fingerprint density at radius 3 is 2.44 bits per heavy atom. The number of ether oxygens (including phenoxy) is 5. The molecule has 0 aliphatic carbocycles. The van der Waals surface area contributed by atoms with Crippen molar-refractivity contribution in [2.75, 3.05) is 20.8 Å². The Labute approximate surface area is 186 Å². The van der Waals surface area contributed by atoms with Crippen molar-refractivity contribution >= 4 is 5.97 Å². The first-order valence-corrected chi connectivity index (χ1v) is 10.1. The van der Waals surface area contributed by atoms with Crippen LogP contribution in [0.15, 0.2) is 42.5 Å². The van der Waals surface area contributed by atoms with Gasteiger partial charge in [0.15, 0.2) is 12.4 Å². The van der Waals surface area contributed by atoms with Crippen LogP contribution in [0.3, 0.4) is 0 Å². The van der Waals surface area contributed by atoms with Crippen LogP contribution in [0.25, 0.3) is 0 Å². The van der Waals surface area contributed by atoms with Gasteiger partial charge in [0.1, 0.15) is 42.0 Å². The molecule has 3 N–H and O–H groups in total. The molecule has 0 saturated carbocycles. The average Bonchev–Trinajstić information content (AvgIpc) is 2.80. The van der Waals surface area contributed by atoms with Crippen LogP contribution < -0.4 is 9.47 Å². The summed E-state index contributed by atoms with van der Waals surface area (Å²) in [5.74, 6) is -0.0905. The van der Waals surface area contributed by atoms with Gasteiger partial charge >= 0.3 is 5.97 Å². The van der Waals surface area contributed by atoms with Gasteiger partial charge in [-0.2, -0.15) is 0 Å². The van der Waals surface area contributed by atoms with Gasteiger partial charge in [-0.15, -0.1) is 0 Å². The molecule has 9 heteroatoms. The second-order valence-electron chi connectivity index (χ2n) is 7.40. The lowest BCUT2D eigenvalue weighted by molar-refractivity contribution is -0.293. The largest absolute Gasteiger partial charge is 0.496 e. The molecular weight excluding hydrogens is 420 g/mol. The van der Waals surface area contributed by atoms with E-state index in [-0.39, 0.29) is 11.3 Å². The molecule has 5 atom stereocenters. The molecule has 3 rings (SSSR count). The molecule has 1 saturated heterocycles. The highest BCUT2D eigenvalue weighted by molar-refractivity contribution is 5.94. The van der Waals surface area contributed by atoms with E-state index in [1.807, 2.05) is 30.3 Å². The molecule has 0 bridgehead atoms. The van der Waals surface area contributed by atoms with Gasteiger partial charge in [-0.1, -0.05) is 30.3 Å². The molecule has 0 radical (unpaired) electrons. The van der Waals surface area contributed by atoms with Gasteiger partial charge in [0.05, 0.1) is 13.7 Å². The van der Waals surface area contributed by atoms with Crippen molar-refractivity contribution in [2.24, 2.45) is 0 Å². The van der Waals surface area contributed by atoms with Crippen LogP contribution in [0.1, 0.15) is 21.5 Å². The number of esters is 1. The van der Waals surface area contributed by atoms with Crippen LogP contribution >= 0.6 is 0 Å². The number of aliphatic hydroxyl groups is 3. The van der Waals surface area contributed by atoms with Gasteiger partial charge in [-0.05, 0) is 24.1 Å². The highest BCUT2D eigenvalue weighted by atomic mass is 16.7. The van der Waals surface area contributed by atoms with Crippen LogP contribution in [0.4, 0.5) is 0 Å². The van der Waals surface area contributed by atoms with E-state index in [0.29, 0.717) is 17.9 Å². The van der Waals surface area contributed by atoms with Gasteiger partial charge in [0.25, 0.3) is 0 Å². The number of carbonyl (C=O) groups is 1. The fourth-order valence-electron chi connectivity index (χ4n) is 3.54. The highest BCUT2D eigenvalue weighted by Crippen LogP contribution is 2.32. The van der Waals surface area contributed by atoms with E-state index in [4.69, 9.17) is 23.7 Å². The predicted molar refractivity (Wildman–Crippen MR) is 112 cm³/mol. The van der Waals surface area contributed by atoms with E-state index in [9.17, 15) is 20.1 Å². The maximum atomic E-state index is 13.0. The normalized spacial score (nSPS) is 25.2. The molecule has 1 aliphatic heterocycles. The first-order valence-electron chi connectivity index (χ1n) is 10.1. The summed E-state index contributed by atoms with van der Waals surface area (Å²) in [5, 5.41) is 30.2. The maximum absolute atomic E-state index is 13.0. The number of rotatable bonds is 8. The smallest absolute Gasteiger partial charge is 0.342 e. The molecule has 2 aromatic rings. The van der Waals surface area contributed by atoms with Crippen molar-refractivity contribution in [1.29, 1.82) is 0 Å². The number of aryl methyl sites for hydroxylation is 1. The van der Waals surface area contributed by atoms with E-state index in [2.05, 4.69) is 0 Å². The second kappa shape index (κ2) is 10.8. The van der Waals surface area contributed by atoms with Gasteiger partial charge in [-0.3, -0.25) is 0 Å². The summed E-state index contributed by atoms with van der Waals surface area (Å²) in [7, 11) is 2.70. The van der Waals surface area contributed by atoms with Crippen LogP contribution in [0.5, 0.6) is 11.5 Å². The highest BCUT2D eigenvalue weighted by Gasteiger charge is 2.47. The zero-order chi connectivity index (χ0) is 23.3. The van der Waals surface area contributed by atoms with Crippen LogP contribution in [0, 0.1) is 6.92 Å². The maximum Gasteiger partial charge on any atom is 0.342 e. The Morgan fingerprint density at radius 1 is 1.09 bits per heavy atom. The Kier molecular flexibility index (Phi) is 8.05. The monoisotopic (exact) mass is 448 g/mol. The summed E-state index contributed by atoms with van der Waals surface area (Å²) in [6.45, 7) is 1.49. The summed E-state index contributed by atoms with van der Waals surface area (Å²) >= 11 is 0. The lowest BCUT2D eigenvalue weighted by Gasteiger charge is -2.40. The number of benzene rings is 2. The molecule has 32 heavy (non-hydrogen) atoms. The molecule has 0 aromatic heterocycles. The molecule has 1 aliphatic rings. The third-order valence-electron chi connectivity index (χ3n) is 5.24. The van der Waals surface area contributed by atoms with Crippen LogP contribution in [-0.2, 0) is 20.8 Å². The van der Waals surface area contributed by atoms with Crippen molar-refractivity contribution in [1.82, 2.24) is 0 Å². The Bertz CT molecular complexity index is 886. The summed E-state index contributed by atoms with van der Waals surface area (Å²) in [4.78, 5) is 13.0. The quantitative estimate of drug-likeness (QED) is 0.511. The number of carbonyl (C=O) groups excluding carboxylic acids is 1. The minimum absolute atomic E-state index is 0.125. The first kappa shape index (κ1) is 24.0. The minimum atomic E-state index is -1.46. The summed E-state index contributed by atoms with van der Waals surface area (Å²) in [5.41, 5.74) is 1.64. The standard InChI is InChI=1S/C23H28O9/c1-13-9-15(30-12-14-7-5-4-6-8-14)10-16(28-2)18(13)22(27)32-21-19(25)17(11-24)31-23(29-3)20(21)26/h4-10,17,19-21,23-26H,11-12H2,1-3H3/t17?,19-,20-,21+,23+/m1/s1. The fourth-order valence-corrected chi connectivity index (χ4v) is 3.54. The van der Waals surface area contributed by atoms with E-state index in [0.717, 1.165) is 5.56 Å². The van der Waals surface area contributed by atoms with Crippen molar-refractivity contribution < 1.29 is 43.8 Å². The van der Waals surface area contributed by atoms with E-state index < -0.39 is 43.3 Å². The van der Waals surface area contributed by atoms with E-state index in [1.54, 1.807) is 19.1 Å². The molecule has 0 spiro atoms. The summed E-state index contributed by atoms with van der Waals surface area (Å²) < 4.78 is 26.9. The summed E-state index contributed by atoms with van der Waals surface area (Å²) in [6, 6.07) is 12.9. The van der Waals surface area contributed by atoms with Crippen molar-refractivity contribution in [3.05, 3.63) is 59.2 Å². The lowest BCUT2D eigenvalue weighted by Crippen LogP contribution is -2.60. The fraction of sp³-hybridized carbons (Fsp3) is 0.435. The van der Waals surface area contributed by atoms with Gasteiger partial charge in [-0.25, -0.2) is 4.79 Å². The SMILES string of the molecule is COc1cc(OCc2ccccc2)cc(C)c1C(=O)O[C@@H]1[C@@H](O)[C@@H](OC)OC(CO)[C@H]1O. The van der Waals surface area contributed by atoms with E-state index >= 15 is 0 Å². The number of hydrogen-bond acceptors (Lipinski definition) is 9. The van der Waals surface area contributed by atoms with Crippen LogP contribution in [0.2, 0.25) is 0 Å².